The Morgan fingerprint density at radius 2 is 0.719 bits per heavy atom. The summed E-state index contributed by atoms with van der Waals surface area (Å²) in [5.41, 5.74) is 0. The number of rotatable bonds is 20. The Hall–Kier alpha value is -0.320. The van der Waals surface area contributed by atoms with Gasteiger partial charge in [-0.15, -0.1) is 0 Å². The molecule has 8 heteroatoms. The maximum absolute atomic E-state index is 6.04. The Morgan fingerprint density at radius 1 is 0.469 bits per heavy atom. The Balaban J connectivity index is 2.03. The molecule has 0 aliphatic carbocycles. The van der Waals surface area contributed by atoms with Crippen LogP contribution in [0.3, 0.4) is 0 Å². The van der Waals surface area contributed by atoms with Crippen LogP contribution in [0.15, 0.2) is 0 Å². The summed E-state index contributed by atoms with van der Waals surface area (Å²) < 4.78 is 24.2. The minimum atomic E-state index is 0.225. The van der Waals surface area contributed by atoms with E-state index in [2.05, 4.69) is 47.3 Å². The molecule has 32 heavy (non-hydrogen) atoms. The number of hydrogen-bond acceptors (Lipinski definition) is 8. The summed E-state index contributed by atoms with van der Waals surface area (Å²) in [7, 11) is 0. The first-order valence-corrected chi connectivity index (χ1v) is 13.0. The summed E-state index contributed by atoms with van der Waals surface area (Å²) >= 11 is 0. The summed E-state index contributed by atoms with van der Waals surface area (Å²) in [6.45, 7) is 16.3. The van der Waals surface area contributed by atoms with Crippen molar-refractivity contribution in [2.45, 2.75) is 91.4 Å². The van der Waals surface area contributed by atoms with Crippen LogP contribution in [0.25, 0.3) is 0 Å². The zero-order valence-corrected chi connectivity index (χ0v) is 21.3. The van der Waals surface area contributed by atoms with E-state index in [4.69, 9.17) is 18.9 Å². The number of hydrogen-bond donors (Lipinski definition) is 0. The monoisotopic (exact) mass is 458 g/mol. The maximum atomic E-state index is 6.04. The fraction of sp³-hybridized carbons (Fsp3) is 1.00. The van der Waals surface area contributed by atoms with Crippen molar-refractivity contribution in [3.63, 3.8) is 0 Å². The molecule has 2 fully saturated rings. The summed E-state index contributed by atoms with van der Waals surface area (Å²) in [6, 6.07) is 0. The highest BCUT2D eigenvalue weighted by Crippen LogP contribution is 2.32. The van der Waals surface area contributed by atoms with Crippen LogP contribution in [-0.2, 0) is 18.9 Å². The first-order valence-electron chi connectivity index (χ1n) is 13.0. The van der Waals surface area contributed by atoms with Gasteiger partial charge in [0.1, 0.15) is 26.9 Å². The minimum absolute atomic E-state index is 0.225. The fourth-order valence-electron chi connectivity index (χ4n) is 4.20. The van der Waals surface area contributed by atoms with Gasteiger partial charge in [-0.25, -0.2) is 19.6 Å². The van der Waals surface area contributed by atoms with Crippen LogP contribution in [0.2, 0.25) is 0 Å². The van der Waals surface area contributed by atoms with E-state index in [0.717, 1.165) is 91.1 Å². The molecule has 2 heterocycles. The average molecular weight is 459 g/mol. The second-order valence-corrected chi connectivity index (χ2v) is 9.03. The Kier molecular flexibility index (Phi) is 15.0. The van der Waals surface area contributed by atoms with Crippen LogP contribution in [-0.4, -0.2) is 98.6 Å². The van der Waals surface area contributed by atoms with Crippen molar-refractivity contribution in [1.82, 2.24) is 19.6 Å². The molecule has 0 radical (unpaired) electrons. The third-order valence-electron chi connectivity index (χ3n) is 6.09. The largest absolute Gasteiger partial charge is 0.366 e. The predicted octanol–water partition coefficient (Wildman–Crippen LogP) is 3.89. The molecule has 0 saturated carbocycles. The van der Waals surface area contributed by atoms with Crippen molar-refractivity contribution in [2.75, 3.05) is 66.7 Å². The van der Waals surface area contributed by atoms with E-state index < -0.39 is 0 Å². The van der Waals surface area contributed by atoms with Gasteiger partial charge in [0.25, 0.3) is 0 Å². The van der Waals surface area contributed by atoms with E-state index in [1.54, 1.807) is 0 Å². The van der Waals surface area contributed by atoms with Crippen LogP contribution >= 0.6 is 0 Å². The Morgan fingerprint density at radius 3 is 0.938 bits per heavy atom. The zero-order chi connectivity index (χ0) is 23.0. The molecule has 0 aromatic heterocycles. The molecule has 2 saturated heterocycles. The average Bonchev–Trinajstić information content (AvgIpc) is 3.34. The molecule has 0 bridgehead atoms. The lowest BCUT2D eigenvalue weighted by Crippen LogP contribution is -2.47. The van der Waals surface area contributed by atoms with E-state index in [-0.39, 0.29) is 12.3 Å². The van der Waals surface area contributed by atoms with Crippen LogP contribution in [0, 0.1) is 0 Å². The molecule has 0 unspecified atom stereocenters. The molecular formula is C24H50N4O4. The van der Waals surface area contributed by atoms with Crippen molar-refractivity contribution in [3.8, 4) is 0 Å². The highest BCUT2D eigenvalue weighted by atomic mass is 16.5. The summed E-state index contributed by atoms with van der Waals surface area (Å²) in [6.07, 6.45) is 9.49. The third-order valence-corrected chi connectivity index (χ3v) is 6.09. The maximum Gasteiger partial charge on any atom is 0.101 e. The molecule has 0 spiro atoms. The Bertz CT molecular complexity index is 384. The van der Waals surface area contributed by atoms with Gasteiger partial charge in [0.15, 0.2) is 0 Å². The van der Waals surface area contributed by atoms with E-state index in [9.17, 15) is 0 Å². The number of fused-ring (bicyclic) bond motifs is 1. The van der Waals surface area contributed by atoms with Crippen molar-refractivity contribution in [1.29, 1.82) is 0 Å². The molecule has 2 aliphatic heterocycles. The number of unbranched alkanes of at least 4 members (excludes halogenated alkanes) is 4. The summed E-state index contributed by atoms with van der Waals surface area (Å²) in [5, 5.41) is 0. The van der Waals surface area contributed by atoms with E-state index in [1.807, 2.05) is 0 Å². The van der Waals surface area contributed by atoms with Crippen molar-refractivity contribution < 1.29 is 18.9 Å². The van der Waals surface area contributed by atoms with E-state index >= 15 is 0 Å². The van der Waals surface area contributed by atoms with Gasteiger partial charge < -0.3 is 18.9 Å². The van der Waals surface area contributed by atoms with Gasteiger partial charge >= 0.3 is 0 Å². The van der Waals surface area contributed by atoms with Crippen molar-refractivity contribution in [2.24, 2.45) is 0 Å². The van der Waals surface area contributed by atoms with E-state index in [0.29, 0.717) is 26.9 Å². The molecule has 0 aromatic carbocycles. The summed E-state index contributed by atoms with van der Waals surface area (Å²) in [5.74, 6) is 0. The Labute approximate surface area is 197 Å². The minimum Gasteiger partial charge on any atom is -0.366 e. The van der Waals surface area contributed by atoms with Gasteiger partial charge in [0.2, 0.25) is 0 Å². The van der Waals surface area contributed by atoms with Crippen LogP contribution < -0.4 is 0 Å². The summed E-state index contributed by atoms with van der Waals surface area (Å²) in [4.78, 5) is 9.72. The fourth-order valence-corrected chi connectivity index (χ4v) is 4.20. The SMILES string of the molecule is CCCCOCN1CN(COCCCC)C2C1N(COCCCC)CN2COCCCC. The van der Waals surface area contributed by atoms with Gasteiger partial charge in [0.05, 0.1) is 25.7 Å². The second kappa shape index (κ2) is 17.2. The molecule has 8 nitrogen and oxygen atoms in total. The van der Waals surface area contributed by atoms with E-state index in [1.165, 1.54) is 0 Å². The normalized spacial score (nSPS) is 22.9. The molecule has 2 aliphatic rings. The van der Waals surface area contributed by atoms with Gasteiger partial charge in [0, 0.05) is 26.4 Å². The second-order valence-electron chi connectivity index (χ2n) is 9.03. The quantitative estimate of drug-likeness (QED) is 0.255. The third kappa shape index (κ3) is 9.14. The zero-order valence-electron chi connectivity index (χ0n) is 21.3. The standard InChI is InChI=1S/C24H50N4O4/c1-5-9-13-29-19-25-17-26(20-30-14-10-6-2)24-23(25)27(21-31-15-11-7-3)18-28(24)22-32-16-12-8-4/h23-24H,5-22H2,1-4H3. The van der Waals surface area contributed by atoms with Crippen molar-refractivity contribution >= 4 is 0 Å². The first kappa shape index (κ1) is 27.9. The van der Waals surface area contributed by atoms with Crippen molar-refractivity contribution in [3.05, 3.63) is 0 Å². The molecule has 2 rings (SSSR count). The lowest BCUT2D eigenvalue weighted by Gasteiger charge is -2.29. The van der Waals surface area contributed by atoms with Gasteiger partial charge in [-0.2, -0.15) is 0 Å². The number of ether oxygens (including phenoxy) is 4. The molecule has 0 N–H and O–H groups in total. The van der Waals surface area contributed by atoms with Gasteiger partial charge in [-0.05, 0) is 25.7 Å². The number of nitrogens with zero attached hydrogens (tertiary/aromatic N) is 4. The topological polar surface area (TPSA) is 49.9 Å². The highest BCUT2D eigenvalue weighted by Gasteiger charge is 2.51. The van der Waals surface area contributed by atoms with Crippen LogP contribution in [0.4, 0.5) is 0 Å². The molecule has 0 atom stereocenters. The van der Waals surface area contributed by atoms with Crippen LogP contribution in [0.1, 0.15) is 79.1 Å². The first-order chi connectivity index (χ1) is 15.8. The van der Waals surface area contributed by atoms with Gasteiger partial charge in [-0.1, -0.05) is 53.4 Å². The molecule has 0 aromatic rings. The molecular weight excluding hydrogens is 408 g/mol. The molecule has 0 amide bonds. The smallest absolute Gasteiger partial charge is 0.101 e. The lowest BCUT2D eigenvalue weighted by molar-refractivity contribution is -0.0737. The lowest BCUT2D eigenvalue weighted by atomic mass is 10.3. The van der Waals surface area contributed by atoms with Crippen LogP contribution in [0.5, 0.6) is 0 Å². The predicted molar refractivity (Wildman–Crippen MR) is 128 cm³/mol. The van der Waals surface area contributed by atoms with Gasteiger partial charge in [-0.3, -0.25) is 0 Å². The molecule has 190 valence electrons. The highest BCUT2D eigenvalue weighted by molar-refractivity contribution is 4.95.